The quantitative estimate of drug-likeness (QED) is 0.814. The molecule has 0 spiro atoms. The molecule has 1 rings (SSSR count). The second-order valence-corrected chi connectivity index (χ2v) is 6.97. The summed E-state index contributed by atoms with van der Waals surface area (Å²) in [7, 11) is 4.32. The molecule has 3 unspecified atom stereocenters. The van der Waals surface area contributed by atoms with Crippen LogP contribution in [0.2, 0.25) is 0 Å². The van der Waals surface area contributed by atoms with Crippen LogP contribution >= 0.6 is 0 Å². The number of nitrogens with zero attached hydrogens (tertiary/aromatic N) is 2. The largest absolute Gasteiger partial charge is 0.327 e. The minimum atomic E-state index is 0.234. The van der Waals surface area contributed by atoms with E-state index in [0.29, 0.717) is 12.1 Å². The van der Waals surface area contributed by atoms with Gasteiger partial charge in [-0.05, 0) is 45.8 Å². The van der Waals surface area contributed by atoms with E-state index in [4.69, 9.17) is 5.73 Å². The number of rotatable bonds is 4. The molecule has 1 heterocycles. The van der Waals surface area contributed by atoms with Crippen molar-refractivity contribution < 1.29 is 0 Å². The van der Waals surface area contributed by atoms with E-state index in [0.717, 1.165) is 6.54 Å². The fourth-order valence-electron chi connectivity index (χ4n) is 3.43. The number of nitrogens with two attached hydrogens (primary N) is 1. The second-order valence-electron chi connectivity index (χ2n) is 6.97. The minimum absolute atomic E-state index is 0.234. The standard InChI is InChI=1S/C14H31N3/c1-11(15)13(14(2,3)4)17-9-7-8-12(17)10-16(5)6/h11-13H,7-10,15H2,1-6H3. The monoisotopic (exact) mass is 241 g/mol. The molecule has 0 saturated carbocycles. The first-order valence-corrected chi connectivity index (χ1v) is 6.89. The van der Waals surface area contributed by atoms with Crippen LogP contribution in [-0.4, -0.2) is 55.1 Å². The Morgan fingerprint density at radius 2 is 1.94 bits per heavy atom. The average Bonchev–Trinajstić information content (AvgIpc) is 2.48. The fraction of sp³-hybridized carbons (Fsp3) is 1.00. The van der Waals surface area contributed by atoms with Gasteiger partial charge in [0, 0.05) is 24.7 Å². The molecule has 0 radical (unpaired) electrons. The Bertz CT molecular complexity index is 230. The van der Waals surface area contributed by atoms with Crippen LogP contribution in [0.15, 0.2) is 0 Å². The van der Waals surface area contributed by atoms with E-state index in [1.807, 2.05) is 0 Å². The predicted octanol–water partition coefficient (Wildman–Crippen LogP) is 1.77. The van der Waals surface area contributed by atoms with Gasteiger partial charge in [-0.2, -0.15) is 0 Å². The molecule has 17 heavy (non-hydrogen) atoms. The molecule has 1 aliphatic heterocycles. The Balaban J connectivity index is 2.79. The Kier molecular flexibility index (Phi) is 4.99. The molecule has 2 N–H and O–H groups in total. The molecule has 1 aliphatic rings. The highest BCUT2D eigenvalue weighted by atomic mass is 15.3. The summed E-state index contributed by atoms with van der Waals surface area (Å²) in [6, 6.07) is 1.40. The van der Waals surface area contributed by atoms with Crippen molar-refractivity contribution in [3.63, 3.8) is 0 Å². The lowest BCUT2D eigenvalue weighted by Gasteiger charge is -2.44. The smallest absolute Gasteiger partial charge is 0.0296 e. The molecule has 1 saturated heterocycles. The van der Waals surface area contributed by atoms with Crippen molar-refractivity contribution in [1.82, 2.24) is 9.80 Å². The van der Waals surface area contributed by atoms with Gasteiger partial charge in [0.25, 0.3) is 0 Å². The Morgan fingerprint density at radius 1 is 1.35 bits per heavy atom. The first-order valence-electron chi connectivity index (χ1n) is 6.89. The van der Waals surface area contributed by atoms with E-state index in [2.05, 4.69) is 51.6 Å². The molecule has 0 aromatic heterocycles. The van der Waals surface area contributed by atoms with E-state index in [-0.39, 0.29) is 11.5 Å². The van der Waals surface area contributed by atoms with Gasteiger partial charge in [0.15, 0.2) is 0 Å². The maximum absolute atomic E-state index is 6.24. The van der Waals surface area contributed by atoms with Gasteiger partial charge in [0.05, 0.1) is 0 Å². The molecular weight excluding hydrogens is 210 g/mol. The van der Waals surface area contributed by atoms with Crippen LogP contribution in [0.25, 0.3) is 0 Å². The van der Waals surface area contributed by atoms with Crippen molar-refractivity contribution in [3.05, 3.63) is 0 Å². The molecule has 0 bridgehead atoms. The van der Waals surface area contributed by atoms with E-state index < -0.39 is 0 Å². The number of likely N-dealkylation sites (N-methyl/N-ethyl adjacent to an activating group) is 1. The Hall–Kier alpha value is -0.120. The van der Waals surface area contributed by atoms with E-state index in [1.165, 1.54) is 19.4 Å². The Morgan fingerprint density at radius 3 is 2.35 bits per heavy atom. The summed E-state index contributed by atoms with van der Waals surface area (Å²) in [5.41, 5.74) is 6.49. The molecule has 102 valence electrons. The summed E-state index contributed by atoms with van der Waals surface area (Å²) >= 11 is 0. The third kappa shape index (κ3) is 3.94. The molecule has 3 heteroatoms. The van der Waals surface area contributed by atoms with Crippen LogP contribution < -0.4 is 5.73 Å². The first kappa shape index (κ1) is 14.9. The van der Waals surface area contributed by atoms with Gasteiger partial charge in [-0.15, -0.1) is 0 Å². The van der Waals surface area contributed by atoms with Gasteiger partial charge < -0.3 is 10.6 Å². The summed E-state index contributed by atoms with van der Waals surface area (Å²) in [6.07, 6.45) is 2.63. The average molecular weight is 241 g/mol. The third-order valence-corrected chi connectivity index (χ3v) is 3.74. The van der Waals surface area contributed by atoms with Gasteiger partial charge >= 0.3 is 0 Å². The highest BCUT2D eigenvalue weighted by Gasteiger charge is 2.39. The Labute approximate surface area is 107 Å². The zero-order valence-corrected chi connectivity index (χ0v) is 12.5. The van der Waals surface area contributed by atoms with Gasteiger partial charge in [-0.25, -0.2) is 0 Å². The molecule has 0 aromatic carbocycles. The van der Waals surface area contributed by atoms with Crippen molar-refractivity contribution in [2.24, 2.45) is 11.1 Å². The lowest BCUT2D eigenvalue weighted by molar-refractivity contribution is 0.0612. The lowest BCUT2D eigenvalue weighted by Crippen LogP contribution is -2.56. The van der Waals surface area contributed by atoms with Gasteiger partial charge in [0.1, 0.15) is 0 Å². The summed E-state index contributed by atoms with van der Waals surface area (Å²) in [5, 5.41) is 0. The van der Waals surface area contributed by atoms with Gasteiger partial charge in [-0.1, -0.05) is 20.8 Å². The minimum Gasteiger partial charge on any atom is -0.327 e. The van der Waals surface area contributed by atoms with Crippen molar-refractivity contribution in [2.75, 3.05) is 27.2 Å². The molecule has 3 atom stereocenters. The van der Waals surface area contributed by atoms with Gasteiger partial charge in [-0.3, -0.25) is 4.90 Å². The third-order valence-electron chi connectivity index (χ3n) is 3.74. The molecule has 0 aromatic rings. The van der Waals surface area contributed by atoms with Crippen molar-refractivity contribution >= 4 is 0 Å². The highest BCUT2D eigenvalue weighted by molar-refractivity contribution is 4.95. The van der Waals surface area contributed by atoms with Crippen molar-refractivity contribution in [1.29, 1.82) is 0 Å². The van der Waals surface area contributed by atoms with Crippen LogP contribution in [0, 0.1) is 5.41 Å². The lowest BCUT2D eigenvalue weighted by atomic mass is 9.81. The second kappa shape index (κ2) is 5.68. The normalized spacial score (nSPS) is 26.5. The summed E-state index contributed by atoms with van der Waals surface area (Å²) in [5.74, 6) is 0. The maximum atomic E-state index is 6.24. The SMILES string of the molecule is CC(N)C(N1CCCC1CN(C)C)C(C)(C)C. The van der Waals surface area contributed by atoms with Crippen LogP contribution in [-0.2, 0) is 0 Å². The van der Waals surface area contributed by atoms with E-state index in [1.54, 1.807) is 0 Å². The summed E-state index contributed by atoms with van der Waals surface area (Å²) < 4.78 is 0. The summed E-state index contributed by atoms with van der Waals surface area (Å²) in [4.78, 5) is 4.95. The van der Waals surface area contributed by atoms with Crippen molar-refractivity contribution in [3.8, 4) is 0 Å². The molecule has 1 fully saturated rings. The molecule has 3 nitrogen and oxygen atoms in total. The van der Waals surface area contributed by atoms with Crippen LogP contribution in [0.3, 0.4) is 0 Å². The van der Waals surface area contributed by atoms with E-state index >= 15 is 0 Å². The van der Waals surface area contributed by atoms with Crippen LogP contribution in [0.4, 0.5) is 0 Å². The number of hydrogen-bond acceptors (Lipinski definition) is 3. The van der Waals surface area contributed by atoms with Crippen molar-refractivity contribution in [2.45, 2.75) is 58.7 Å². The molecular formula is C14H31N3. The highest BCUT2D eigenvalue weighted by Crippen LogP contribution is 2.32. The maximum Gasteiger partial charge on any atom is 0.0296 e. The first-order chi connectivity index (χ1) is 7.73. The van der Waals surface area contributed by atoms with Gasteiger partial charge in [0.2, 0.25) is 0 Å². The number of hydrogen-bond donors (Lipinski definition) is 1. The van der Waals surface area contributed by atoms with E-state index in [9.17, 15) is 0 Å². The zero-order chi connectivity index (χ0) is 13.2. The number of likely N-dealkylation sites (tertiary alicyclic amines) is 1. The van der Waals surface area contributed by atoms with Crippen LogP contribution in [0.1, 0.15) is 40.5 Å². The zero-order valence-electron chi connectivity index (χ0n) is 12.5. The fourth-order valence-corrected chi connectivity index (χ4v) is 3.43. The molecule has 0 amide bonds. The van der Waals surface area contributed by atoms with Crippen LogP contribution in [0.5, 0.6) is 0 Å². The molecule has 0 aliphatic carbocycles. The topological polar surface area (TPSA) is 32.5 Å². The summed E-state index contributed by atoms with van der Waals surface area (Å²) in [6.45, 7) is 11.5. The predicted molar refractivity (Wildman–Crippen MR) is 75.2 cm³/mol.